The lowest BCUT2D eigenvalue weighted by molar-refractivity contribution is -0.142. The molecule has 0 fully saturated rings. The minimum Gasteiger partial charge on any atom is -0.477 e. The van der Waals surface area contributed by atoms with Crippen LogP contribution in [0, 0.1) is 0 Å². The summed E-state index contributed by atoms with van der Waals surface area (Å²) < 4.78 is 4.88. The van der Waals surface area contributed by atoms with Crippen molar-refractivity contribution < 1.29 is 19.4 Å². The van der Waals surface area contributed by atoms with Gasteiger partial charge in [0.2, 0.25) is 0 Å². The van der Waals surface area contributed by atoms with Crippen LogP contribution in [-0.4, -0.2) is 23.7 Å². The summed E-state index contributed by atoms with van der Waals surface area (Å²) in [6, 6.07) is 1.55. The highest BCUT2D eigenvalue weighted by atomic mass is 32.1. The Hall–Kier alpha value is -1.62. The lowest BCUT2D eigenvalue weighted by Crippen LogP contribution is -2.07. The first-order chi connectivity index (χ1) is 8.49. The second-order valence-electron chi connectivity index (χ2n) is 3.72. The van der Waals surface area contributed by atoms with E-state index < -0.39 is 5.97 Å². The van der Waals surface area contributed by atoms with Gasteiger partial charge < -0.3 is 9.84 Å². The number of esters is 1. The molecule has 18 heavy (non-hydrogen) atoms. The third-order valence-electron chi connectivity index (χ3n) is 2.45. The van der Waals surface area contributed by atoms with Crippen LogP contribution >= 0.6 is 11.3 Å². The average molecular weight is 268 g/mol. The summed E-state index contributed by atoms with van der Waals surface area (Å²) >= 11 is 1.18. The van der Waals surface area contributed by atoms with Crippen LogP contribution in [0.2, 0.25) is 0 Å². The van der Waals surface area contributed by atoms with Crippen LogP contribution < -0.4 is 0 Å². The third-order valence-corrected chi connectivity index (χ3v) is 3.75. The fourth-order valence-corrected chi connectivity index (χ4v) is 2.55. The molecule has 1 rings (SSSR count). The zero-order valence-electron chi connectivity index (χ0n) is 10.6. The molecule has 0 bridgehead atoms. The molecule has 0 aliphatic carbocycles. The second kappa shape index (κ2) is 6.35. The van der Waals surface area contributed by atoms with Gasteiger partial charge in [0.25, 0.3) is 0 Å². The van der Waals surface area contributed by atoms with Gasteiger partial charge in [-0.05, 0) is 38.0 Å². The number of ether oxygens (including phenoxy) is 1. The third kappa shape index (κ3) is 3.43. The summed E-state index contributed by atoms with van der Waals surface area (Å²) in [6.45, 7) is 5.84. The van der Waals surface area contributed by atoms with Crippen molar-refractivity contribution in [3.05, 3.63) is 27.5 Å². The maximum absolute atomic E-state index is 11.5. The molecule has 0 spiro atoms. The van der Waals surface area contributed by atoms with Crippen molar-refractivity contribution in [2.24, 2.45) is 0 Å². The van der Waals surface area contributed by atoms with Crippen LogP contribution in [-0.2, 0) is 16.0 Å². The van der Waals surface area contributed by atoms with Crippen molar-refractivity contribution >= 4 is 28.8 Å². The minimum absolute atomic E-state index is 0.109. The van der Waals surface area contributed by atoms with E-state index in [0.717, 1.165) is 10.5 Å². The molecule has 0 atom stereocenters. The van der Waals surface area contributed by atoms with Gasteiger partial charge in [0.1, 0.15) is 4.88 Å². The summed E-state index contributed by atoms with van der Waals surface area (Å²) in [5.41, 5.74) is 1.68. The molecule has 5 heteroatoms. The average Bonchev–Trinajstić information content (AvgIpc) is 2.72. The molecule has 0 saturated carbocycles. The van der Waals surface area contributed by atoms with Gasteiger partial charge in [-0.2, -0.15) is 0 Å². The number of hydrogen-bond acceptors (Lipinski definition) is 4. The fraction of sp³-hybridized carbons (Fsp3) is 0.385. The van der Waals surface area contributed by atoms with Gasteiger partial charge in [-0.3, -0.25) is 4.79 Å². The summed E-state index contributed by atoms with van der Waals surface area (Å²) in [4.78, 5) is 23.5. The van der Waals surface area contributed by atoms with Crippen LogP contribution in [0.4, 0.5) is 0 Å². The lowest BCUT2D eigenvalue weighted by atomic mass is 10.1. The van der Waals surface area contributed by atoms with Gasteiger partial charge >= 0.3 is 11.9 Å². The number of carbonyl (C=O) groups excluding carboxylic acids is 1. The normalized spacial score (nSPS) is 11.4. The molecular weight excluding hydrogens is 252 g/mol. The highest BCUT2D eigenvalue weighted by Gasteiger charge is 2.17. The molecule has 4 nitrogen and oxygen atoms in total. The van der Waals surface area contributed by atoms with E-state index in [1.54, 1.807) is 13.0 Å². The Morgan fingerprint density at radius 3 is 2.67 bits per heavy atom. The lowest BCUT2D eigenvalue weighted by Gasteiger charge is -2.03. The standard InChI is InChI=1S/C13H16O4S/c1-4-8(3)12-9(7-11(14)17-5-2)6-10(18-12)13(15)16/h4,6H,5,7H2,1-3H3,(H,15,16). The Balaban J connectivity index is 3.08. The van der Waals surface area contributed by atoms with Crippen LogP contribution in [0.5, 0.6) is 0 Å². The van der Waals surface area contributed by atoms with E-state index in [9.17, 15) is 9.59 Å². The van der Waals surface area contributed by atoms with E-state index in [1.165, 1.54) is 11.3 Å². The molecule has 0 aliphatic heterocycles. The summed E-state index contributed by atoms with van der Waals surface area (Å²) in [7, 11) is 0. The predicted octanol–water partition coefficient (Wildman–Crippen LogP) is 2.98. The molecule has 0 aliphatic rings. The SMILES string of the molecule is CC=C(C)c1sc(C(=O)O)cc1CC(=O)OCC. The zero-order valence-corrected chi connectivity index (χ0v) is 11.5. The van der Waals surface area contributed by atoms with Crippen LogP contribution in [0.25, 0.3) is 5.57 Å². The van der Waals surface area contributed by atoms with Crippen molar-refractivity contribution in [2.75, 3.05) is 6.61 Å². The molecule has 98 valence electrons. The zero-order chi connectivity index (χ0) is 13.7. The summed E-state index contributed by atoms with van der Waals surface area (Å²) in [5, 5.41) is 8.99. The maximum Gasteiger partial charge on any atom is 0.345 e. The Bertz CT molecular complexity index is 485. The molecule has 1 aromatic rings. The predicted molar refractivity (Wildman–Crippen MR) is 70.9 cm³/mol. The topological polar surface area (TPSA) is 63.6 Å². The quantitative estimate of drug-likeness (QED) is 0.834. The van der Waals surface area contributed by atoms with Crippen molar-refractivity contribution in [3.63, 3.8) is 0 Å². The van der Waals surface area contributed by atoms with Gasteiger partial charge in [0.05, 0.1) is 13.0 Å². The Morgan fingerprint density at radius 2 is 2.17 bits per heavy atom. The maximum atomic E-state index is 11.5. The molecule has 0 unspecified atom stereocenters. The first-order valence-corrected chi connectivity index (χ1v) is 6.46. The van der Waals surface area contributed by atoms with E-state index in [0.29, 0.717) is 12.2 Å². The molecule has 0 radical (unpaired) electrons. The molecule has 1 N–H and O–H groups in total. The van der Waals surface area contributed by atoms with Gasteiger partial charge in [0, 0.05) is 4.88 Å². The molecule has 0 amide bonds. The Labute approximate surface area is 110 Å². The van der Waals surface area contributed by atoms with E-state index in [4.69, 9.17) is 9.84 Å². The number of carbonyl (C=O) groups is 2. The van der Waals surface area contributed by atoms with Crippen LogP contribution in [0.3, 0.4) is 0 Å². The van der Waals surface area contributed by atoms with Crippen LogP contribution in [0.15, 0.2) is 12.1 Å². The highest BCUT2D eigenvalue weighted by Crippen LogP contribution is 2.29. The smallest absolute Gasteiger partial charge is 0.345 e. The Morgan fingerprint density at radius 1 is 1.50 bits per heavy atom. The van der Waals surface area contributed by atoms with Gasteiger partial charge in [0.15, 0.2) is 0 Å². The largest absolute Gasteiger partial charge is 0.477 e. The number of hydrogen-bond donors (Lipinski definition) is 1. The number of carboxylic acid groups (broad SMARTS) is 1. The monoisotopic (exact) mass is 268 g/mol. The summed E-state index contributed by atoms with van der Waals surface area (Å²) in [5.74, 6) is -1.31. The van der Waals surface area contributed by atoms with Crippen molar-refractivity contribution in [3.8, 4) is 0 Å². The first kappa shape index (κ1) is 14.4. The molecule has 1 aromatic heterocycles. The van der Waals surface area contributed by atoms with Crippen molar-refractivity contribution in [2.45, 2.75) is 27.2 Å². The molecule has 1 heterocycles. The molecule has 0 saturated heterocycles. The number of aromatic carboxylic acids is 1. The van der Waals surface area contributed by atoms with E-state index in [-0.39, 0.29) is 17.3 Å². The van der Waals surface area contributed by atoms with Crippen LogP contribution in [0.1, 0.15) is 40.9 Å². The fourth-order valence-electron chi connectivity index (χ4n) is 1.50. The van der Waals surface area contributed by atoms with Crippen molar-refractivity contribution in [1.29, 1.82) is 0 Å². The van der Waals surface area contributed by atoms with Gasteiger partial charge in [-0.15, -0.1) is 11.3 Å². The van der Waals surface area contributed by atoms with Gasteiger partial charge in [-0.25, -0.2) is 4.79 Å². The number of thiophene rings is 1. The number of rotatable bonds is 5. The van der Waals surface area contributed by atoms with E-state index in [2.05, 4.69) is 0 Å². The Kier molecular flexibility index (Phi) is 5.09. The van der Waals surface area contributed by atoms with Crippen molar-refractivity contribution in [1.82, 2.24) is 0 Å². The minimum atomic E-state index is -0.972. The van der Waals surface area contributed by atoms with Gasteiger partial charge in [-0.1, -0.05) is 6.08 Å². The second-order valence-corrected chi connectivity index (χ2v) is 4.78. The molecular formula is C13H16O4S. The van der Waals surface area contributed by atoms with E-state index >= 15 is 0 Å². The highest BCUT2D eigenvalue weighted by molar-refractivity contribution is 7.15. The summed E-state index contributed by atoms with van der Waals surface area (Å²) in [6.07, 6.45) is 2.00. The first-order valence-electron chi connectivity index (χ1n) is 5.64. The number of carboxylic acids is 1. The van der Waals surface area contributed by atoms with E-state index in [1.807, 2.05) is 19.9 Å². The molecule has 0 aromatic carbocycles. The number of allylic oxidation sites excluding steroid dienone is 2.